The maximum absolute atomic E-state index is 10.6. The van der Waals surface area contributed by atoms with Gasteiger partial charge in [-0.1, -0.05) is 44.2 Å². The Kier molecular flexibility index (Phi) is 4.43. The predicted octanol–water partition coefficient (Wildman–Crippen LogP) is 5.00. The first-order valence-corrected chi connectivity index (χ1v) is 9.44. The van der Waals surface area contributed by atoms with Crippen LogP contribution in [0.4, 0.5) is 0 Å². The number of benzene rings is 2. The SMILES string of the molecule is CC(C)Cn1c(CS(O)(O)c2ccccc2)nc2ccccc21. The van der Waals surface area contributed by atoms with Gasteiger partial charge in [0.25, 0.3) is 0 Å². The molecule has 0 unspecified atom stereocenters. The van der Waals surface area contributed by atoms with Gasteiger partial charge in [-0.2, -0.15) is 10.6 Å². The third kappa shape index (κ3) is 3.42. The van der Waals surface area contributed by atoms with Gasteiger partial charge >= 0.3 is 0 Å². The summed E-state index contributed by atoms with van der Waals surface area (Å²) in [5.41, 5.74) is 1.94. The molecule has 0 saturated heterocycles. The van der Waals surface area contributed by atoms with Gasteiger partial charge in [-0.05, 0) is 30.2 Å². The third-order valence-electron chi connectivity index (χ3n) is 3.73. The van der Waals surface area contributed by atoms with Crippen LogP contribution in [-0.2, 0) is 12.3 Å². The summed E-state index contributed by atoms with van der Waals surface area (Å²) in [6, 6.07) is 16.9. The number of fused-ring (bicyclic) bond motifs is 1. The van der Waals surface area contributed by atoms with Crippen LogP contribution in [0.2, 0.25) is 0 Å². The normalized spacial score (nSPS) is 12.9. The molecule has 1 aromatic heterocycles. The van der Waals surface area contributed by atoms with Crippen LogP contribution in [0.1, 0.15) is 19.7 Å². The van der Waals surface area contributed by atoms with E-state index in [1.807, 2.05) is 42.5 Å². The highest BCUT2D eigenvalue weighted by Crippen LogP contribution is 2.50. The molecule has 0 saturated carbocycles. The lowest BCUT2D eigenvalue weighted by Crippen LogP contribution is -2.12. The van der Waals surface area contributed by atoms with E-state index in [-0.39, 0.29) is 5.75 Å². The molecule has 0 bridgehead atoms. The second kappa shape index (κ2) is 6.35. The summed E-state index contributed by atoms with van der Waals surface area (Å²) in [5, 5.41) is 0. The molecule has 1 heterocycles. The number of hydrogen-bond donors (Lipinski definition) is 2. The van der Waals surface area contributed by atoms with Crippen molar-refractivity contribution in [3.63, 3.8) is 0 Å². The molecule has 122 valence electrons. The molecule has 0 fully saturated rings. The van der Waals surface area contributed by atoms with Crippen molar-refractivity contribution in [3.8, 4) is 0 Å². The smallest absolute Gasteiger partial charge is 0.129 e. The molecule has 0 aliphatic rings. The van der Waals surface area contributed by atoms with Gasteiger partial charge in [0.05, 0.1) is 15.9 Å². The number of imidazole rings is 1. The van der Waals surface area contributed by atoms with Crippen molar-refractivity contribution in [1.29, 1.82) is 0 Å². The zero-order chi connectivity index (χ0) is 16.4. The minimum atomic E-state index is -2.90. The van der Waals surface area contributed by atoms with Gasteiger partial charge in [0.1, 0.15) is 11.6 Å². The standard InChI is InChI=1S/C18H22N2O2S/c1-14(2)12-20-17-11-7-6-10-16(17)19-18(20)13-23(21,22)15-8-4-3-5-9-15/h3-11,14,21-22H,12-13H2,1-2H3. The van der Waals surface area contributed by atoms with Crippen LogP contribution in [-0.4, -0.2) is 18.7 Å². The summed E-state index contributed by atoms with van der Waals surface area (Å²) in [6.45, 7) is 5.10. The Morgan fingerprint density at radius 2 is 1.65 bits per heavy atom. The van der Waals surface area contributed by atoms with E-state index >= 15 is 0 Å². The van der Waals surface area contributed by atoms with Crippen molar-refractivity contribution in [2.75, 3.05) is 0 Å². The molecule has 3 rings (SSSR count). The number of para-hydroxylation sites is 2. The van der Waals surface area contributed by atoms with Gasteiger partial charge in [0.2, 0.25) is 0 Å². The van der Waals surface area contributed by atoms with Crippen LogP contribution in [0.15, 0.2) is 59.5 Å². The lowest BCUT2D eigenvalue weighted by Gasteiger charge is -2.32. The molecule has 0 aliphatic heterocycles. The number of hydrogen-bond acceptors (Lipinski definition) is 3. The monoisotopic (exact) mass is 330 g/mol. The first-order valence-electron chi connectivity index (χ1n) is 7.72. The van der Waals surface area contributed by atoms with E-state index in [1.54, 1.807) is 12.1 Å². The maximum Gasteiger partial charge on any atom is 0.129 e. The van der Waals surface area contributed by atoms with Crippen molar-refractivity contribution in [3.05, 3.63) is 60.4 Å². The molecule has 23 heavy (non-hydrogen) atoms. The largest absolute Gasteiger partial charge is 0.326 e. The lowest BCUT2D eigenvalue weighted by molar-refractivity contribution is 0.477. The molecular weight excluding hydrogens is 308 g/mol. The van der Waals surface area contributed by atoms with E-state index in [2.05, 4.69) is 23.4 Å². The Labute approximate surface area is 138 Å². The van der Waals surface area contributed by atoms with Gasteiger partial charge in [-0.25, -0.2) is 4.98 Å². The van der Waals surface area contributed by atoms with Gasteiger partial charge in [0.15, 0.2) is 0 Å². The fourth-order valence-electron chi connectivity index (χ4n) is 2.71. The molecule has 3 aromatic rings. The van der Waals surface area contributed by atoms with E-state index in [9.17, 15) is 9.11 Å². The molecule has 5 heteroatoms. The summed E-state index contributed by atoms with van der Waals surface area (Å²) < 4.78 is 23.3. The quantitative estimate of drug-likeness (QED) is 0.692. The summed E-state index contributed by atoms with van der Waals surface area (Å²) in [4.78, 5) is 5.20. The van der Waals surface area contributed by atoms with Crippen molar-refractivity contribution in [2.45, 2.75) is 31.0 Å². The Bertz CT molecular complexity index is 797. The Balaban J connectivity index is 2.02. The van der Waals surface area contributed by atoms with Gasteiger partial charge in [0, 0.05) is 6.54 Å². The average molecular weight is 330 g/mol. The van der Waals surface area contributed by atoms with Crippen LogP contribution in [0.5, 0.6) is 0 Å². The number of aromatic nitrogens is 2. The molecule has 0 amide bonds. The second-order valence-corrected chi connectivity index (χ2v) is 8.24. The summed E-state index contributed by atoms with van der Waals surface area (Å²) in [7, 11) is -2.90. The topological polar surface area (TPSA) is 58.3 Å². The van der Waals surface area contributed by atoms with E-state index in [0.717, 1.165) is 23.4 Å². The predicted molar refractivity (Wildman–Crippen MR) is 95.8 cm³/mol. The number of rotatable bonds is 5. The average Bonchev–Trinajstić information content (AvgIpc) is 2.85. The minimum Gasteiger partial charge on any atom is -0.326 e. The first-order chi connectivity index (χ1) is 11.0. The molecule has 2 N–H and O–H groups in total. The maximum atomic E-state index is 10.6. The Hall–Kier alpha value is -1.82. The second-order valence-electron chi connectivity index (χ2n) is 6.15. The highest BCUT2D eigenvalue weighted by Gasteiger charge is 2.21. The molecule has 2 aromatic carbocycles. The van der Waals surface area contributed by atoms with E-state index in [4.69, 9.17) is 0 Å². The molecule has 0 aliphatic carbocycles. The third-order valence-corrected chi connectivity index (χ3v) is 5.42. The van der Waals surface area contributed by atoms with Crippen LogP contribution >= 0.6 is 10.6 Å². The van der Waals surface area contributed by atoms with Crippen LogP contribution in [0.25, 0.3) is 11.0 Å². The van der Waals surface area contributed by atoms with Crippen LogP contribution in [0.3, 0.4) is 0 Å². The first kappa shape index (κ1) is 16.1. The van der Waals surface area contributed by atoms with Crippen molar-refractivity contribution in [1.82, 2.24) is 9.55 Å². The minimum absolute atomic E-state index is 0.137. The zero-order valence-corrected chi connectivity index (χ0v) is 14.2. The summed E-state index contributed by atoms with van der Waals surface area (Å²) in [5.74, 6) is 1.31. The Morgan fingerprint density at radius 3 is 2.35 bits per heavy atom. The summed E-state index contributed by atoms with van der Waals surface area (Å²) >= 11 is 0. The van der Waals surface area contributed by atoms with Gasteiger partial charge in [-0.15, -0.1) is 0 Å². The fourth-order valence-corrected chi connectivity index (χ4v) is 4.05. The van der Waals surface area contributed by atoms with Crippen molar-refractivity contribution in [2.24, 2.45) is 5.92 Å². The zero-order valence-electron chi connectivity index (χ0n) is 13.4. The number of nitrogens with zero attached hydrogens (tertiary/aromatic N) is 2. The molecule has 0 radical (unpaired) electrons. The van der Waals surface area contributed by atoms with Crippen LogP contribution in [0, 0.1) is 5.92 Å². The highest BCUT2D eigenvalue weighted by atomic mass is 32.3. The molecule has 0 atom stereocenters. The van der Waals surface area contributed by atoms with Crippen molar-refractivity contribution < 1.29 is 9.11 Å². The lowest BCUT2D eigenvalue weighted by atomic mass is 10.2. The van der Waals surface area contributed by atoms with E-state index in [0.29, 0.717) is 10.8 Å². The Morgan fingerprint density at radius 1 is 1.00 bits per heavy atom. The van der Waals surface area contributed by atoms with E-state index < -0.39 is 10.6 Å². The van der Waals surface area contributed by atoms with Crippen molar-refractivity contribution >= 4 is 21.6 Å². The molecule has 0 spiro atoms. The fraction of sp³-hybridized carbons (Fsp3) is 0.278. The summed E-state index contributed by atoms with van der Waals surface area (Å²) in [6.07, 6.45) is 0. The van der Waals surface area contributed by atoms with Gasteiger partial charge in [-0.3, -0.25) is 9.11 Å². The van der Waals surface area contributed by atoms with Crippen LogP contribution < -0.4 is 0 Å². The van der Waals surface area contributed by atoms with Gasteiger partial charge < -0.3 is 4.57 Å². The van der Waals surface area contributed by atoms with E-state index in [1.165, 1.54) is 0 Å². The molecular formula is C18H22N2O2S. The highest BCUT2D eigenvalue weighted by molar-refractivity contribution is 8.23. The molecule has 4 nitrogen and oxygen atoms in total.